The SMILES string of the molecule is C=CCCCCCCCCOC1OC(COC2OC(COC(=O)c3ccccc3)C(OC(=O)c3ccccc3)C(OC(=O)c3ccccc3)C2OC(=O)c2ccccc2)C(OC(C)=O)C(OC2OC(COC(=O)c3ccccc3)C(OC(=O)c3ccccc3)C(O)C2OC(=O)c2ccccc2)C1OC(C)=O. The first-order chi connectivity index (χ1) is 51.5. The number of carbonyl (C=O) groups is 9. The number of esters is 9. The molecule has 25 nitrogen and oxygen atoms in total. The summed E-state index contributed by atoms with van der Waals surface area (Å²) in [5.41, 5.74) is 0.229. The molecule has 0 amide bonds. The minimum absolute atomic E-state index is 0.00248. The van der Waals surface area contributed by atoms with Crippen LogP contribution in [-0.2, 0) is 80.6 Å². The molecule has 3 fully saturated rings. The van der Waals surface area contributed by atoms with Crippen LogP contribution < -0.4 is 0 Å². The monoisotopic (exact) mass is 1450 g/mol. The van der Waals surface area contributed by atoms with Crippen LogP contribution >= 0.6 is 0 Å². The molecule has 1 N–H and O–H groups in total. The van der Waals surface area contributed by atoms with Gasteiger partial charge in [-0.1, -0.05) is 159 Å². The maximum absolute atomic E-state index is 14.6. The minimum Gasteiger partial charge on any atom is -0.459 e. The number of aliphatic hydroxyl groups is 1. The minimum atomic E-state index is -2.12. The van der Waals surface area contributed by atoms with Gasteiger partial charge in [0.15, 0.2) is 61.6 Å². The quantitative estimate of drug-likeness (QED) is 0.0173. The van der Waals surface area contributed by atoms with Gasteiger partial charge in [-0.3, -0.25) is 9.59 Å². The van der Waals surface area contributed by atoms with E-state index in [2.05, 4.69) is 6.58 Å². The lowest BCUT2D eigenvalue weighted by atomic mass is 9.95. The Morgan fingerprint density at radius 3 is 1.05 bits per heavy atom. The summed E-state index contributed by atoms with van der Waals surface area (Å²) in [6, 6.07) is 54.0. The van der Waals surface area contributed by atoms with E-state index in [0.717, 1.165) is 46.0 Å². The van der Waals surface area contributed by atoms with Crippen LogP contribution in [0.5, 0.6) is 0 Å². The lowest BCUT2D eigenvalue weighted by Crippen LogP contribution is -2.67. The zero-order valence-electron chi connectivity index (χ0n) is 58.2. The molecule has 0 radical (unpaired) electrons. The summed E-state index contributed by atoms with van der Waals surface area (Å²) in [6.07, 6.45) is -20.7. The molecule has 0 aliphatic carbocycles. The summed E-state index contributed by atoms with van der Waals surface area (Å²) < 4.78 is 95.2. The smallest absolute Gasteiger partial charge is 0.338 e. The van der Waals surface area contributed by atoms with Crippen molar-refractivity contribution in [1.82, 2.24) is 0 Å². The van der Waals surface area contributed by atoms with Gasteiger partial charge in [0.1, 0.15) is 43.7 Å². The Bertz CT molecular complexity index is 4000. The van der Waals surface area contributed by atoms with E-state index < -0.39 is 166 Å². The molecule has 3 aliphatic heterocycles. The second-order valence-electron chi connectivity index (χ2n) is 24.9. The predicted molar refractivity (Wildman–Crippen MR) is 374 cm³/mol. The van der Waals surface area contributed by atoms with Crippen LogP contribution in [-0.4, -0.2) is 177 Å². The van der Waals surface area contributed by atoms with Crippen molar-refractivity contribution < 1.29 is 119 Å². The van der Waals surface area contributed by atoms with Gasteiger partial charge in [-0.05, 0) is 104 Å². The second kappa shape index (κ2) is 39.4. The van der Waals surface area contributed by atoms with Crippen LogP contribution in [0, 0.1) is 0 Å². The molecular weight excluding hydrogens is 1370 g/mol. The van der Waals surface area contributed by atoms with Crippen LogP contribution in [0.15, 0.2) is 225 Å². The highest BCUT2D eigenvalue weighted by molar-refractivity contribution is 5.93. The fraction of sp³-hybridized carbons (Fsp3) is 0.346. The first-order valence-electron chi connectivity index (χ1n) is 34.8. The topological polar surface area (TPSA) is 312 Å². The van der Waals surface area contributed by atoms with Gasteiger partial charge in [0.05, 0.1) is 45.6 Å². The maximum atomic E-state index is 14.6. The zero-order chi connectivity index (χ0) is 74.7. The fourth-order valence-corrected chi connectivity index (χ4v) is 12.0. The molecule has 10 rings (SSSR count). The van der Waals surface area contributed by atoms with Gasteiger partial charge in [0, 0.05) is 20.5 Å². The largest absolute Gasteiger partial charge is 0.459 e. The summed E-state index contributed by atoms with van der Waals surface area (Å²) in [6.45, 7) is 3.50. The Balaban J connectivity index is 1.07. The van der Waals surface area contributed by atoms with E-state index in [-0.39, 0.29) is 45.6 Å². The van der Waals surface area contributed by atoms with Crippen LogP contribution in [0.4, 0.5) is 0 Å². The zero-order valence-corrected chi connectivity index (χ0v) is 58.2. The second-order valence-corrected chi connectivity index (χ2v) is 24.9. The molecule has 25 heteroatoms. The van der Waals surface area contributed by atoms with Crippen molar-refractivity contribution in [3.8, 4) is 0 Å². The van der Waals surface area contributed by atoms with Crippen molar-refractivity contribution in [1.29, 1.82) is 0 Å². The molecule has 0 aromatic heterocycles. The highest BCUT2D eigenvalue weighted by Gasteiger charge is 2.59. The van der Waals surface area contributed by atoms with Gasteiger partial charge in [0.2, 0.25) is 0 Å². The lowest BCUT2D eigenvalue weighted by Gasteiger charge is -2.49. The van der Waals surface area contributed by atoms with Crippen LogP contribution in [0.25, 0.3) is 0 Å². The number of carbonyl (C=O) groups excluding carboxylic acids is 9. The van der Waals surface area contributed by atoms with Gasteiger partial charge in [-0.15, -0.1) is 6.58 Å². The Morgan fingerprint density at radius 2 is 0.632 bits per heavy atom. The third kappa shape index (κ3) is 21.7. The normalized spacial score (nSPS) is 23.9. The van der Waals surface area contributed by atoms with E-state index >= 15 is 0 Å². The average molecular weight is 1460 g/mol. The van der Waals surface area contributed by atoms with Crippen LogP contribution in [0.1, 0.15) is 131 Å². The molecule has 15 unspecified atom stereocenters. The van der Waals surface area contributed by atoms with Gasteiger partial charge < -0.3 is 76.2 Å². The van der Waals surface area contributed by atoms with Crippen LogP contribution in [0.2, 0.25) is 0 Å². The van der Waals surface area contributed by atoms with Crippen LogP contribution in [0.3, 0.4) is 0 Å². The molecule has 7 aromatic rings. The number of allylic oxidation sites excluding steroid dienone is 1. The third-order valence-electron chi connectivity index (χ3n) is 17.2. The predicted octanol–water partition coefficient (Wildman–Crippen LogP) is 10.6. The first-order valence-corrected chi connectivity index (χ1v) is 34.8. The number of aliphatic hydroxyl groups excluding tert-OH is 1. The highest BCUT2D eigenvalue weighted by Crippen LogP contribution is 2.38. The van der Waals surface area contributed by atoms with Gasteiger partial charge in [-0.2, -0.15) is 0 Å². The van der Waals surface area contributed by atoms with Crippen molar-refractivity contribution in [3.05, 3.63) is 264 Å². The molecule has 15 atom stereocenters. The summed E-state index contributed by atoms with van der Waals surface area (Å²) in [5.74, 6) is -8.71. The number of rotatable bonds is 33. The van der Waals surface area contributed by atoms with E-state index in [4.69, 9.17) is 71.1 Å². The van der Waals surface area contributed by atoms with E-state index in [0.29, 0.717) is 12.8 Å². The highest BCUT2D eigenvalue weighted by atomic mass is 16.8. The molecule has 556 valence electrons. The summed E-state index contributed by atoms with van der Waals surface area (Å²) in [7, 11) is 0. The van der Waals surface area contributed by atoms with E-state index in [1.165, 1.54) is 84.9 Å². The number of benzene rings is 7. The van der Waals surface area contributed by atoms with Crippen molar-refractivity contribution in [2.75, 3.05) is 26.4 Å². The van der Waals surface area contributed by atoms with Crippen molar-refractivity contribution in [2.24, 2.45) is 0 Å². The molecule has 3 saturated heterocycles. The molecule has 3 heterocycles. The van der Waals surface area contributed by atoms with E-state index in [1.54, 1.807) is 127 Å². The van der Waals surface area contributed by atoms with E-state index in [9.17, 15) is 48.3 Å². The number of unbranched alkanes of at least 4 members (excludes halogenated alkanes) is 6. The van der Waals surface area contributed by atoms with Gasteiger partial charge in [0.25, 0.3) is 0 Å². The van der Waals surface area contributed by atoms with Crippen molar-refractivity contribution in [3.63, 3.8) is 0 Å². The van der Waals surface area contributed by atoms with E-state index in [1.807, 2.05) is 6.08 Å². The molecule has 0 saturated carbocycles. The van der Waals surface area contributed by atoms with Gasteiger partial charge in [-0.25, -0.2) is 33.6 Å². The number of hydrogen-bond acceptors (Lipinski definition) is 25. The Kier molecular flexibility index (Phi) is 28.9. The average Bonchev–Trinajstić information content (AvgIpc) is 0.780. The molecule has 7 aromatic carbocycles. The Morgan fingerprint density at radius 1 is 0.330 bits per heavy atom. The van der Waals surface area contributed by atoms with Gasteiger partial charge >= 0.3 is 53.7 Å². The molecular formula is C81H82O25. The maximum Gasteiger partial charge on any atom is 0.338 e. The summed E-state index contributed by atoms with van der Waals surface area (Å²) in [4.78, 5) is 127. The lowest BCUT2D eigenvalue weighted by molar-refractivity contribution is -0.365. The molecule has 0 bridgehead atoms. The molecule has 0 spiro atoms. The number of hydrogen-bond donors (Lipinski definition) is 1. The van der Waals surface area contributed by atoms with Crippen molar-refractivity contribution >= 4 is 53.7 Å². The standard InChI is InChI=1S/C81H82O25/c1-4-5-6-7-8-9-10-32-47-92-79-70(97-52(3)83)69(106-81-67(103-76(89)57-41-26-15-27-42-57)63(84)64(101-74(87)55-37-22-13-23-38-55)60(100-81)48-93-72(85)53-33-18-11-19-34-53)65(96-51(2)82)62(98-79)50-95-80-71(105-78(91)59-45-30-17-31-46-59)68(104-77(90)58-43-28-16-29-44-58)66(102-75(88)56-39-24-14-25-40-56)61(99-80)49-94-73(86)54-35-20-12-21-36-54/h4,11-31,33-46,60-71,79-81,84H,1,5-10,32,47-50H2,2-3H3. The summed E-state index contributed by atoms with van der Waals surface area (Å²) >= 11 is 0. The Hall–Kier alpha value is -10.8. The summed E-state index contributed by atoms with van der Waals surface area (Å²) in [5, 5.41) is 12.8. The molecule has 3 aliphatic rings. The number of ether oxygens (including phenoxy) is 15. The third-order valence-corrected chi connectivity index (χ3v) is 17.2. The fourth-order valence-electron chi connectivity index (χ4n) is 12.0. The Labute approximate surface area is 611 Å². The molecule has 106 heavy (non-hydrogen) atoms. The van der Waals surface area contributed by atoms with Crippen molar-refractivity contribution in [2.45, 2.75) is 151 Å². The first kappa shape index (κ1) is 77.8.